The molecule has 2 fully saturated rings. The fraction of sp³-hybridized carbons (Fsp3) is 0.562. The topological polar surface area (TPSA) is 46.3 Å². The van der Waals surface area contributed by atoms with E-state index in [9.17, 15) is 9.18 Å². The largest absolute Gasteiger partial charge is 0.369 e. The zero-order chi connectivity index (χ0) is 14.3. The van der Waals surface area contributed by atoms with Gasteiger partial charge in [-0.15, -0.1) is 12.4 Å². The molecule has 1 saturated heterocycles. The van der Waals surface area contributed by atoms with E-state index in [4.69, 9.17) is 5.73 Å². The van der Waals surface area contributed by atoms with Crippen LogP contribution >= 0.6 is 12.4 Å². The van der Waals surface area contributed by atoms with Gasteiger partial charge in [-0.25, -0.2) is 4.39 Å². The van der Waals surface area contributed by atoms with E-state index in [2.05, 4.69) is 4.90 Å². The molecule has 1 saturated carbocycles. The number of rotatable bonds is 3. The lowest BCUT2D eigenvalue weighted by molar-refractivity contribution is -0.124. The third-order valence-corrected chi connectivity index (χ3v) is 4.70. The van der Waals surface area contributed by atoms with Crippen molar-refractivity contribution in [3.8, 4) is 0 Å². The highest BCUT2D eigenvalue weighted by Gasteiger charge is 2.39. The van der Waals surface area contributed by atoms with Crippen LogP contribution in [-0.4, -0.2) is 29.9 Å². The van der Waals surface area contributed by atoms with Crippen molar-refractivity contribution in [1.82, 2.24) is 4.90 Å². The van der Waals surface area contributed by atoms with E-state index < -0.39 is 0 Å². The Morgan fingerprint density at radius 1 is 1.33 bits per heavy atom. The summed E-state index contributed by atoms with van der Waals surface area (Å²) in [5, 5.41) is 0. The monoisotopic (exact) mass is 312 g/mol. The number of halogens is 2. The summed E-state index contributed by atoms with van der Waals surface area (Å²) in [6, 6.07) is 5.54. The number of hydrogen-bond acceptors (Lipinski definition) is 2. The van der Waals surface area contributed by atoms with Gasteiger partial charge in [0.05, 0.1) is 0 Å². The zero-order valence-corrected chi connectivity index (χ0v) is 13.0. The van der Waals surface area contributed by atoms with E-state index in [1.54, 1.807) is 6.07 Å². The summed E-state index contributed by atoms with van der Waals surface area (Å²) in [7, 11) is 0. The number of benzene rings is 1. The lowest BCUT2D eigenvalue weighted by Gasteiger charge is -2.38. The summed E-state index contributed by atoms with van der Waals surface area (Å²) in [6.07, 6.45) is 3.33. The number of piperidine rings is 1. The van der Waals surface area contributed by atoms with Crippen molar-refractivity contribution in [3.63, 3.8) is 0 Å². The highest BCUT2D eigenvalue weighted by Crippen LogP contribution is 2.38. The quantitative estimate of drug-likeness (QED) is 0.932. The predicted molar refractivity (Wildman–Crippen MR) is 83.0 cm³/mol. The molecule has 1 aromatic rings. The first-order valence-corrected chi connectivity index (χ1v) is 7.35. The number of nitrogens with two attached hydrogens (primary N) is 1. The number of primary amides is 1. The van der Waals surface area contributed by atoms with Crippen LogP contribution in [0.2, 0.25) is 0 Å². The molecule has 2 aliphatic rings. The highest BCUT2D eigenvalue weighted by atomic mass is 35.5. The molecule has 2 N–H and O–H groups in total. The van der Waals surface area contributed by atoms with E-state index in [0.29, 0.717) is 6.04 Å². The first-order valence-electron chi connectivity index (χ1n) is 7.35. The average Bonchev–Trinajstić information content (AvgIpc) is 3.22. The molecule has 0 aromatic heterocycles. The molecular weight excluding hydrogens is 291 g/mol. The molecule has 1 heterocycles. The molecule has 1 aromatic carbocycles. The number of aryl methyl sites for hydroxylation is 1. The molecule has 21 heavy (non-hydrogen) atoms. The summed E-state index contributed by atoms with van der Waals surface area (Å²) < 4.78 is 13.3. The zero-order valence-electron chi connectivity index (χ0n) is 12.2. The van der Waals surface area contributed by atoms with Crippen molar-refractivity contribution >= 4 is 18.3 Å². The maximum atomic E-state index is 13.3. The number of hydrogen-bond donors (Lipinski definition) is 1. The van der Waals surface area contributed by atoms with Crippen LogP contribution < -0.4 is 5.73 Å². The molecule has 1 aliphatic heterocycles. The van der Waals surface area contributed by atoms with E-state index in [0.717, 1.165) is 30.6 Å². The Balaban J connectivity index is 0.00000161. The van der Waals surface area contributed by atoms with Crippen LogP contribution in [0.4, 0.5) is 4.39 Å². The Bertz CT molecular complexity index is 533. The van der Waals surface area contributed by atoms with E-state index in [1.165, 1.54) is 18.9 Å². The summed E-state index contributed by atoms with van der Waals surface area (Å²) in [5.74, 6) is -0.484. The van der Waals surface area contributed by atoms with Crippen molar-refractivity contribution in [2.75, 3.05) is 13.1 Å². The van der Waals surface area contributed by atoms with Gasteiger partial charge in [0.2, 0.25) is 5.91 Å². The first-order chi connectivity index (χ1) is 9.56. The molecule has 0 radical (unpaired) electrons. The second kappa shape index (κ2) is 6.32. The Kier molecular flexibility index (Phi) is 4.89. The van der Waals surface area contributed by atoms with Gasteiger partial charge < -0.3 is 5.73 Å². The van der Waals surface area contributed by atoms with Crippen molar-refractivity contribution in [3.05, 3.63) is 35.1 Å². The van der Waals surface area contributed by atoms with Gasteiger partial charge in [-0.05, 0) is 56.0 Å². The maximum absolute atomic E-state index is 13.3. The standard InChI is InChI=1S/C16H21FN2O.ClH/c1-10-8-11(17)2-5-13(10)15-9-19(12-3-4-12)7-6-14(15)16(18)20;/h2,5,8,12,14-15H,3-4,6-7,9H2,1H3,(H2,18,20);1H. The minimum absolute atomic E-state index is 0. The minimum atomic E-state index is -0.228. The summed E-state index contributed by atoms with van der Waals surface area (Å²) in [4.78, 5) is 14.2. The Hall–Kier alpha value is -1.13. The van der Waals surface area contributed by atoms with Crippen LogP contribution in [0.3, 0.4) is 0 Å². The van der Waals surface area contributed by atoms with Gasteiger partial charge in [0, 0.05) is 24.4 Å². The SMILES string of the molecule is Cc1cc(F)ccc1C1CN(C2CC2)CCC1C(N)=O.Cl. The third kappa shape index (κ3) is 3.38. The number of amides is 1. The molecular formula is C16H22ClFN2O. The fourth-order valence-corrected chi connectivity index (χ4v) is 3.46. The lowest BCUT2D eigenvalue weighted by Crippen LogP contribution is -2.45. The molecule has 1 amide bonds. The second-order valence-corrected chi connectivity index (χ2v) is 6.13. The van der Waals surface area contributed by atoms with E-state index in [1.807, 2.05) is 13.0 Å². The van der Waals surface area contributed by atoms with Crippen LogP contribution in [-0.2, 0) is 4.79 Å². The number of carbonyl (C=O) groups is 1. The number of likely N-dealkylation sites (tertiary alicyclic amines) is 1. The maximum Gasteiger partial charge on any atom is 0.221 e. The molecule has 2 unspecified atom stereocenters. The van der Waals surface area contributed by atoms with E-state index >= 15 is 0 Å². The molecule has 0 spiro atoms. The third-order valence-electron chi connectivity index (χ3n) is 4.70. The Morgan fingerprint density at radius 2 is 2.05 bits per heavy atom. The van der Waals surface area contributed by atoms with Crippen LogP contribution in [0.15, 0.2) is 18.2 Å². The highest BCUT2D eigenvalue weighted by molar-refractivity contribution is 5.85. The number of nitrogens with zero attached hydrogens (tertiary/aromatic N) is 1. The summed E-state index contributed by atoms with van der Waals surface area (Å²) in [5.41, 5.74) is 7.57. The van der Waals surface area contributed by atoms with E-state index in [-0.39, 0.29) is 36.0 Å². The summed E-state index contributed by atoms with van der Waals surface area (Å²) >= 11 is 0. The smallest absolute Gasteiger partial charge is 0.221 e. The van der Waals surface area contributed by atoms with Crippen molar-refractivity contribution in [1.29, 1.82) is 0 Å². The predicted octanol–water partition coefficient (Wildman–Crippen LogP) is 2.61. The van der Waals surface area contributed by atoms with Gasteiger partial charge in [0.1, 0.15) is 5.82 Å². The molecule has 3 rings (SSSR count). The van der Waals surface area contributed by atoms with Gasteiger partial charge >= 0.3 is 0 Å². The van der Waals surface area contributed by atoms with Crippen LogP contribution in [0.25, 0.3) is 0 Å². The molecule has 116 valence electrons. The van der Waals surface area contributed by atoms with Gasteiger partial charge in [0.25, 0.3) is 0 Å². The first kappa shape index (κ1) is 16.2. The summed E-state index contributed by atoms with van der Waals surface area (Å²) in [6.45, 7) is 3.73. The molecule has 0 bridgehead atoms. The van der Waals surface area contributed by atoms with Crippen LogP contribution in [0, 0.1) is 18.7 Å². The van der Waals surface area contributed by atoms with Crippen molar-refractivity contribution in [2.45, 2.75) is 38.1 Å². The van der Waals surface area contributed by atoms with Crippen molar-refractivity contribution in [2.24, 2.45) is 11.7 Å². The second-order valence-electron chi connectivity index (χ2n) is 6.13. The molecule has 1 aliphatic carbocycles. The van der Waals surface area contributed by atoms with Gasteiger partial charge in [-0.1, -0.05) is 6.07 Å². The van der Waals surface area contributed by atoms with Gasteiger partial charge in [-0.2, -0.15) is 0 Å². The normalized spacial score (nSPS) is 26.2. The fourth-order valence-electron chi connectivity index (χ4n) is 3.46. The Labute approximate surface area is 131 Å². The molecule has 2 atom stereocenters. The minimum Gasteiger partial charge on any atom is -0.369 e. The lowest BCUT2D eigenvalue weighted by atomic mass is 9.78. The van der Waals surface area contributed by atoms with Crippen LogP contribution in [0.1, 0.15) is 36.3 Å². The number of carbonyl (C=O) groups excluding carboxylic acids is 1. The van der Waals surface area contributed by atoms with Crippen molar-refractivity contribution < 1.29 is 9.18 Å². The molecule has 5 heteroatoms. The van der Waals surface area contributed by atoms with Gasteiger partial charge in [-0.3, -0.25) is 9.69 Å². The Morgan fingerprint density at radius 3 is 2.62 bits per heavy atom. The average molecular weight is 313 g/mol. The van der Waals surface area contributed by atoms with Crippen LogP contribution in [0.5, 0.6) is 0 Å². The molecule has 3 nitrogen and oxygen atoms in total. The van der Waals surface area contributed by atoms with Gasteiger partial charge in [0.15, 0.2) is 0 Å².